The Balaban J connectivity index is 1.69. The predicted molar refractivity (Wildman–Crippen MR) is 81.7 cm³/mol. The minimum atomic E-state index is 0.451. The number of anilines is 1. The van der Waals surface area contributed by atoms with Gasteiger partial charge in [0.2, 0.25) is 0 Å². The van der Waals surface area contributed by atoms with Crippen molar-refractivity contribution in [2.24, 2.45) is 0 Å². The largest absolute Gasteiger partial charge is 0.374 e. The van der Waals surface area contributed by atoms with E-state index in [2.05, 4.69) is 42.4 Å². The minimum absolute atomic E-state index is 0.451. The zero-order chi connectivity index (χ0) is 13.3. The Morgan fingerprint density at radius 2 is 2.11 bits per heavy atom. The molecule has 0 unspecified atom stereocenters. The summed E-state index contributed by atoms with van der Waals surface area (Å²) in [5.41, 5.74) is 4.87. The molecule has 0 amide bonds. The maximum Gasteiger partial charge on any atom is 0.0396 e. The van der Waals surface area contributed by atoms with Crippen molar-refractivity contribution in [1.82, 2.24) is 5.32 Å². The molecule has 0 saturated heterocycles. The molecule has 19 heavy (non-hydrogen) atoms. The van der Waals surface area contributed by atoms with Gasteiger partial charge in [-0.1, -0.05) is 19.1 Å². The minimum Gasteiger partial charge on any atom is -0.374 e. The van der Waals surface area contributed by atoms with E-state index < -0.39 is 0 Å². The smallest absolute Gasteiger partial charge is 0.0396 e. The second-order valence-corrected chi connectivity index (χ2v) is 6.33. The van der Waals surface area contributed by atoms with Crippen molar-refractivity contribution in [1.29, 1.82) is 0 Å². The SMILES string of the molecule is CCC1(NCc2ccc3c(c2)CCCN3C)CCC1. The summed E-state index contributed by atoms with van der Waals surface area (Å²) in [4.78, 5) is 2.38. The van der Waals surface area contributed by atoms with Crippen molar-refractivity contribution in [3.8, 4) is 0 Å². The van der Waals surface area contributed by atoms with Crippen LogP contribution in [0.15, 0.2) is 18.2 Å². The summed E-state index contributed by atoms with van der Waals surface area (Å²) >= 11 is 0. The van der Waals surface area contributed by atoms with E-state index >= 15 is 0 Å². The molecule has 1 saturated carbocycles. The monoisotopic (exact) mass is 258 g/mol. The molecule has 2 nitrogen and oxygen atoms in total. The molecule has 1 heterocycles. The molecule has 0 atom stereocenters. The van der Waals surface area contributed by atoms with E-state index in [1.807, 2.05) is 0 Å². The Kier molecular flexibility index (Phi) is 3.53. The van der Waals surface area contributed by atoms with Gasteiger partial charge >= 0.3 is 0 Å². The van der Waals surface area contributed by atoms with Crippen LogP contribution in [0.5, 0.6) is 0 Å². The van der Waals surface area contributed by atoms with Crippen molar-refractivity contribution in [3.63, 3.8) is 0 Å². The van der Waals surface area contributed by atoms with E-state index in [-0.39, 0.29) is 0 Å². The summed E-state index contributed by atoms with van der Waals surface area (Å²) in [5, 5.41) is 3.80. The first-order chi connectivity index (χ1) is 9.22. The van der Waals surface area contributed by atoms with E-state index in [9.17, 15) is 0 Å². The summed E-state index contributed by atoms with van der Waals surface area (Å²) in [6.07, 6.45) is 7.91. The molecule has 1 fully saturated rings. The highest BCUT2D eigenvalue weighted by atomic mass is 15.1. The number of hydrogen-bond donors (Lipinski definition) is 1. The standard InChI is InChI=1S/C17H26N2/c1-3-17(9-5-10-17)18-13-14-7-8-16-15(12-14)6-4-11-19(16)2/h7-8,12,18H,3-6,9-11,13H2,1-2H3. The molecule has 104 valence electrons. The fourth-order valence-electron chi connectivity index (χ4n) is 3.50. The van der Waals surface area contributed by atoms with Crippen molar-refractivity contribution >= 4 is 5.69 Å². The number of benzene rings is 1. The van der Waals surface area contributed by atoms with E-state index in [0.29, 0.717) is 5.54 Å². The van der Waals surface area contributed by atoms with Crippen LogP contribution in [-0.4, -0.2) is 19.1 Å². The predicted octanol–water partition coefficient (Wildman–Crippen LogP) is 3.49. The van der Waals surface area contributed by atoms with Crippen LogP contribution in [0.1, 0.15) is 50.2 Å². The number of rotatable bonds is 4. The fourth-order valence-corrected chi connectivity index (χ4v) is 3.50. The van der Waals surface area contributed by atoms with Gasteiger partial charge in [-0.3, -0.25) is 0 Å². The van der Waals surface area contributed by atoms with Gasteiger partial charge in [0.25, 0.3) is 0 Å². The van der Waals surface area contributed by atoms with Crippen molar-refractivity contribution in [2.45, 2.75) is 57.5 Å². The quantitative estimate of drug-likeness (QED) is 0.889. The number of nitrogens with one attached hydrogen (secondary N) is 1. The summed E-state index contributed by atoms with van der Waals surface area (Å²) in [6.45, 7) is 4.54. The third-order valence-electron chi connectivity index (χ3n) is 5.15. The molecule has 0 spiro atoms. The maximum atomic E-state index is 3.80. The van der Waals surface area contributed by atoms with Gasteiger partial charge in [-0.15, -0.1) is 0 Å². The Morgan fingerprint density at radius 3 is 2.79 bits per heavy atom. The van der Waals surface area contributed by atoms with Gasteiger partial charge in [-0.2, -0.15) is 0 Å². The molecule has 1 N–H and O–H groups in total. The lowest BCUT2D eigenvalue weighted by Crippen LogP contribution is -2.49. The third-order valence-corrected chi connectivity index (χ3v) is 5.15. The van der Waals surface area contributed by atoms with Crippen LogP contribution >= 0.6 is 0 Å². The van der Waals surface area contributed by atoms with E-state index in [1.54, 1.807) is 0 Å². The fraction of sp³-hybridized carbons (Fsp3) is 0.647. The first-order valence-electron chi connectivity index (χ1n) is 7.80. The molecule has 2 aliphatic rings. The van der Waals surface area contributed by atoms with Crippen molar-refractivity contribution in [2.75, 3.05) is 18.5 Å². The second-order valence-electron chi connectivity index (χ2n) is 6.33. The average molecular weight is 258 g/mol. The van der Waals surface area contributed by atoms with Gasteiger partial charge in [-0.05, 0) is 55.7 Å². The third kappa shape index (κ3) is 2.51. The van der Waals surface area contributed by atoms with Crippen molar-refractivity contribution in [3.05, 3.63) is 29.3 Å². The average Bonchev–Trinajstić information content (AvgIpc) is 2.38. The van der Waals surface area contributed by atoms with Gasteiger partial charge in [0, 0.05) is 31.4 Å². The number of hydrogen-bond acceptors (Lipinski definition) is 2. The molecule has 3 rings (SSSR count). The highest BCUT2D eigenvalue weighted by molar-refractivity contribution is 5.56. The first-order valence-corrected chi connectivity index (χ1v) is 7.80. The summed E-state index contributed by atoms with van der Waals surface area (Å²) in [6, 6.07) is 7.03. The van der Waals surface area contributed by atoms with Crippen molar-refractivity contribution < 1.29 is 0 Å². The molecule has 0 bridgehead atoms. The molecule has 0 aromatic heterocycles. The summed E-state index contributed by atoms with van der Waals surface area (Å²) < 4.78 is 0. The number of nitrogens with zero attached hydrogens (tertiary/aromatic N) is 1. The highest BCUT2D eigenvalue weighted by Crippen LogP contribution is 2.35. The van der Waals surface area contributed by atoms with E-state index in [0.717, 1.165) is 6.54 Å². The second kappa shape index (κ2) is 5.16. The zero-order valence-corrected chi connectivity index (χ0v) is 12.3. The molecule has 1 aliphatic heterocycles. The van der Waals surface area contributed by atoms with Crippen LogP contribution in [0.4, 0.5) is 5.69 Å². The Bertz CT molecular complexity index is 443. The van der Waals surface area contributed by atoms with Gasteiger partial charge < -0.3 is 10.2 Å². The van der Waals surface area contributed by atoms with Crippen LogP contribution in [0.3, 0.4) is 0 Å². The van der Waals surface area contributed by atoms with E-state index in [4.69, 9.17) is 0 Å². The maximum absolute atomic E-state index is 3.80. The molecular formula is C17H26N2. The summed E-state index contributed by atoms with van der Waals surface area (Å²) in [7, 11) is 2.20. The molecule has 0 radical (unpaired) electrons. The lowest BCUT2D eigenvalue weighted by molar-refractivity contribution is 0.175. The van der Waals surface area contributed by atoms with E-state index in [1.165, 1.54) is 61.9 Å². The molecular weight excluding hydrogens is 232 g/mol. The molecule has 1 aliphatic carbocycles. The Hall–Kier alpha value is -1.02. The first kappa shape index (κ1) is 13.0. The van der Waals surface area contributed by atoms with Gasteiger partial charge in [-0.25, -0.2) is 0 Å². The number of fused-ring (bicyclic) bond motifs is 1. The van der Waals surface area contributed by atoms with Gasteiger partial charge in [0.15, 0.2) is 0 Å². The number of aryl methyl sites for hydroxylation is 1. The van der Waals surface area contributed by atoms with Gasteiger partial charge in [0.1, 0.15) is 0 Å². The molecule has 1 aromatic rings. The normalized spacial score (nSPS) is 20.8. The van der Waals surface area contributed by atoms with Crippen LogP contribution in [0.2, 0.25) is 0 Å². The van der Waals surface area contributed by atoms with Crippen LogP contribution in [0.25, 0.3) is 0 Å². The Morgan fingerprint density at radius 1 is 1.26 bits per heavy atom. The van der Waals surface area contributed by atoms with Crippen LogP contribution in [0, 0.1) is 0 Å². The van der Waals surface area contributed by atoms with Crippen LogP contribution in [-0.2, 0) is 13.0 Å². The molecule has 1 aromatic carbocycles. The Labute approximate surface area is 117 Å². The lowest BCUT2D eigenvalue weighted by Gasteiger charge is -2.42. The zero-order valence-electron chi connectivity index (χ0n) is 12.3. The lowest BCUT2D eigenvalue weighted by atomic mass is 9.75. The van der Waals surface area contributed by atoms with Crippen LogP contribution < -0.4 is 10.2 Å². The highest BCUT2D eigenvalue weighted by Gasteiger charge is 2.34. The van der Waals surface area contributed by atoms with Gasteiger partial charge in [0.05, 0.1) is 0 Å². The topological polar surface area (TPSA) is 15.3 Å². The molecule has 2 heteroatoms. The summed E-state index contributed by atoms with van der Waals surface area (Å²) in [5.74, 6) is 0.